The number of pyridine rings is 1. The Labute approximate surface area is 288 Å². The maximum absolute atomic E-state index is 15.7. The maximum atomic E-state index is 15.7. The summed E-state index contributed by atoms with van der Waals surface area (Å²) in [4.78, 5) is 25.5. The van der Waals surface area contributed by atoms with E-state index in [0.29, 0.717) is 46.9 Å². The zero-order chi connectivity index (χ0) is 34.1. The van der Waals surface area contributed by atoms with Crippen LogP contribution < -0.4 is 0 Å². The van der Waals surface area contributed by atoms with Crippen molar-refractivity contribution in [3.05, 3.63) is 89.0 Å². The van der Waals surface area contributed by atoms with Crippen LogP contribution in [0.3, 0.4) is 0 Å². The number of thioether (sulfide) groups is 1. The van der Waals surface area contributed by atoms with Gasteiger partial charge < -0.3 is 9.72 Å². The van der Waals surface area contributed by atoms with Gasteiger partial charge in [0.25, 0.3) is 0 Å². The van der Waals surface area contributed by atoms with Crippen LogP contribution in [-0.2, 0) is 34.8 Å². The van der Waals surface area contributed by atoms with Crippen LogP contribution in [0.2, 0.25) is 0 Å². The maximum Gasteiger partial charge on any atom is 0.305 e. The van der Waals surface area contributed by atoms with Crippen LogP contribution in [0.5, 0.6) is 0 Å². The van der Waals surface area contributed by atoms with Gasteiger partial charge in [0, 0.05) is 36.1 Å². The normalized spacial score (nSPS) is 18.6. The molecule has 11 heteroatoms. The van der Waals surface area contributed by atoms with Crippen molar-refractivity contribution in [2.75, 3.05) is 18.6 Å². The molecule has 4 heterocycles. The third-order valence-corrected chi connectivity index (χ3v) is 11.9. The third-order valence-electron chi connectivity index (χ3n) is 9.32. The summed E-state index contributed by atoms with van der Waals surface area (Å²) in [7, 11) is 3.27. The monoisotopic (exact) mass is 689 g/mol. The molecule has 1 N–H and O–H groups in total. The molecule has 252 valence electrons. The summed E-state index contributed by atoms with van der Waals surface area (Å²) in [6.07, 6.45) is 7.63. The summed E-state index contributed by atoms with van der Waals surface area (Å²) in [5.41, 5.74) is 3.30. The van der Waals surface area contributed by atoms with Crippen LogP contribution in [0.25, 0.3) is 22.4 Å². The summed E-state index contributed by atoms with van der Waals surface area (Å²) >= 11 is 3.07. The number of ether oxygens (including phenoxy) is 1. The molecule has 0 radical (unpaired) electrons. The lowest BCUT2D eigenvalue weighted by Crippen LogP contribution is -2.27. The van der Waals surface area contributed by atoms with E-state index in [4.69, 9.17) is 14.8 Å². The summed E-state index contributed by atoms with van der Waals surface area (Å²) in [5.74, 6) is 1.07. The number of rotatable bonds is 4. The molecule has 48 heavy (non-hydrogen) atoms. The molecule has 5 aromatic rings. The van der Waals surface area contributed by atoms with Crippen molar-refractivity contribution in [2.45, 2.75) is 74.5 Å². The highest BCUT2D eigenvalue weighted by Gasteiger charge is 2.35. The number of halogens is 2. The van der Waals surface area contributed by atoms with Crippen molar-refractivity contribution < 1.29 is 18.3 Å². The van der Waals surface area contributed by atoms with E-state index in [1.807, 2.05) is 49.1 Å². The number of nitrogens with zero attached hydrogens (tertiary/aromatic N) is 4. The Morgan fingerprint density at radius 1 is 1.10 bits per heavy atom. The quantitative estimate of drug-likeness (QED) is 0.189. The highest BCUT2D eigenvalue weighted by Crippen LogP contribution is 2.42. The number of aromatic nitrogens is 5. The molecular weight excluding hydrogens is 649 g/mol. The first kappa shape index (κ1) is 34.2. The molecule has 4 bridgehead atoms. The second-order valence-electron chi connectivity index (χ2n) is 13.5. The van der Waals surface area contributed by atoms with Crippen LogP contribution in [0.4, 0.5) is 8.78 Å². The largest absolute Gasteiger partial charge is 0.469 e. The Balaban J connectivity index is 1.44. The molecule has 0 spiro atoms. The Morgan fingerprint density at radius 2 is 1.94 bits per heavy atom. The van der Waals surface area contributed by atoms with Gasteiger partial charge >= 0.3 is 5.97 Å². The second-order valence-corrected chi connectivity index (χ2v) is 15.7. The fraction of sp³-hybridized carbons (Fsp3) is 0.405. The van der Waals surface area contributed by atoms with Gasteiger partial charge in [0.1, 0.15) is 5.69 Å². The van der Waals surface area contributed by atoms with E-state index in [1.165, 1.54) is 18.9 Å². The Bertz CT molecular complexity index is 1960. The molecule has 1 aliphatic rings. The minimum atomic E-state index is -0.863. The number of carbonyl (C=O) groups is 1. The molecule has 6 rings (SSSR count). The van der Waals surface area contributed by atoms with Crippen LogP contribution in [0, 0.1) is 17.0 Å². The van der Waals surface area contributed by atoms with Gasteiger partial charge in [0.15, 0.2) is 23.3 Å². The van der Waals surface area contributed by atoms with Crippen molar-refractivity contribution in [3.8, 4) is 11.5 Å². The zero-order valence-corrected chi connectivity index (χ0v) is 29.7. The number of nitrogens with one attached hydrogen (secondary N) is 1. The van der Waals surface area contributed by atoms with Gasteiger partial charge in [0.2, 0.25) is 0 Å². The van der Waals surface area contributed by atoms with Crippen LogP contribution >= 0.6 is 23.5 Å². The number of fused-ring (bicyclic) bond motifs is 8. The van der Waals surface area contributed by atoms with Crippen LogP contribution in [0.1, 0.15) is 69.0 Å². The number of hydrogen-bond acceptors (Lipinski definition) is 7. The van der Waals surface area contributed by atoms with Crippen molar-refractivity contribution in [2.24, 2.45) is 12.5 Å². The zero-order valence-electron chi connectivity index (χ0n) is 28.0. The molecule has 7 nitrogen and oxygen atoms in total. The molecule has 3 aromatic heterocycles. The van der Waals surface area contributed by atoms with Crippen LogP contribution in [0.15, 0.2) is 64.6 Å². The number of esters is 1. The summed E-state index contributed by atoms with van der Waals surface area (Å²) in [6, 6.07) is 13.9. The minimum Gasteiger partial charge on any atom is -0.469 e. The van der Waals surface area contributed by atoms with Gasteiger partial charge in [-0.2, -0.15) is 16.9 Å². The molecule has 0 aliphatic carbocycles. The Morgan fingerprint density at radius 3 is 2.75 bits per heavy atom. The van der Waals surface area contributed by atoms with E-state index in [2.05, 4.69) is 42.9 Å². The topological polar surface area (TPSA) is 85.7 Å². The first-order valence-corrected chi connectivity index (χ1v) is 18.2. The predicted octanol–water partition coefficient (Wildman–Crippen LogP) is 8.69. The average molecular weight is 690 g/mol. The van der Waals surface area contributed by atoms with E-state index in [-0.39, 0.29) is 16.9 Å². The van der Waals surface area contributed by atoms with Gasteiger partial charge in [-0.25, -0.2) is 18.4 Å². The molecule has 0 saturated heterocycles. The molecule has 0 unspecified atom stereocenters. The van der Waals surface area contributed by atoms with Gasteiger partial charge in [0.05, 0.1) is 22.9 Å². The second kappa shape index (κ2) is 14.0. The number of carbonyl (C=O) groups excluding carboxylic acids is 1. The molecule has 0 saturated carbocycles. The van der Waals surface area contributed by atoms with Gasteiger partial charge in [-0.1, -0.05) is 56.3 Å². The lowest BCUT2D eigenvalue weighted by atomic mass is 9.75. The number of H-pyrrole nitrogens is 1. The predicted molar refractivity (Wildman–Crippen MR) is 188 cm³/mol. The lowest BCUT2D eigenvalue weighted by molar-refractivity contribution is -0.140. The number of aromatic amines is 1. The smallest absolute Gasteiger partial charge is 0.305 e. The van der Waals surface area contributed by atoms with E-state index in [1.54, 1.807) is 17.1 Å². The van der Waals surface area contributed by atoms with Gasteiger partial charge in [-0.15, -0.1) is 0 Å². The summed E-state index contributed by atoms with van der Waals surface area (Å²) < 4.78 is 37.6. The van der Waals surface area contributed by atoms with E-state index in [9.17, 15) is 4.79 Å². The molecular formula is C37H41F2N5O2S2. The molecule has 0 fully saturated rings. The molecule has 2 aromatic carbocycles. The van der Waals surface area contributed by atoms with E-state index >= 15 is 8.78 Å². The van der Waals surface area contributed by atoms with Gasteiger partial charge in [-0.05, 0) is 84.4 Å². The number of aryl methyl sites for hydroxylation is 3. The standard InChI is InChI=1S/C37H41F2N5O2S2/c1-36(2)15-7-16-37(3,24-9-6-8-23(20-24)10-11-29(45)46-5)35-42-34(44(4)43-35)28-21-25(12-17-40-28)48-33-27(14-19-47-22-36)26-13-18-41-32(26)30(38)31(33)39/h6,8-9,12-13,17-18,20-21,41H,7,10-11,14-16,19,22H2,1-5H3/t37-/m1/s1. The SMILES string of the molecule is COC(=O)CCc1cccc([C@@]2(C)CCCC(C)(C)CSCCc3c(c(F)c(F)c4[nH]ccc34)Sc3ccnc(c3)-c3nc2nn3C)c1. The Kier molecular flexibility index (Phi) is 9.99. The van der Waals surface area contributed by atoms with Crippen molar-refractivity contribution in [1.82, 2.24) is 24.7 Å². The Hall–Kier alpha value is -3.70. The summed E-state index contributed by atoms with van der Waals surface area (Å²) in [6.45, 7) is 6.78. The highest BCUT2D eigenvalue weighted by atomic mass is 32.2. The minimum absolute atomic E-state index is 0.0540. The summed E-state index contributed by atoms with van der Waals surface area (Å²) in [5, 5.41) is 5.68. The van der Waals surface area contributed by atoms with Crippen molar-refractivity contribution in [3.63, 3.8) is 0 Å². The number of methoxy groups -OCH3 is 1. The molecule has 1 aliphatic heterocycles. The third kappa shape index (κ3) is 7.03. The fourth-order valence-corrected chi connectivity index (χ4v) is 8.74. The fourth-order valence-electron chi connectivity index (χ4n) is 6.50. The first-order chi connectivity index (χ1) is 23.0. The number of hydrogen-bond donors (Lipinski definition) is 1. The van der Waals surface area contributed by atoms with Crippen LogP contribution in [-0.4, -0.2) is 49.3 Å². The van der Waals surface area contributed by atoms with Gasteiger partial charge in [-0.3, -0.25) is 9.78 Å². The lowest BCUT2D eigenvalue weighted by Gasteiger charge is -2.30. The molecule has 1 atom stereocenters. The van der Waals surface area contributed by atoms with E-state index in [0.717, 1.165) is 52.4 Å². The number of benzene rings is 2. The van der Waals surface area contributed by atoms with Crippen molar-refractivity contribution >= 4 is 40.4 Å². The molecule has 0 amide bonds. The van der Waals surface area contributed by atoms with E-state index < -0.39 is 17.0 Å². The first-order valence-electron chi connectivity index (χ1n) is 16.3. The highest BCUT2D eigenvalue weighted by molar-refractivity contribution is 7.99. The van der Waals surface area contributed by atoms with Crippen molar-refractivity contribution in [1.29, 1.82) is 0 Å². The average Bonchev–Trinajstić information content (AvgIpc) is 3.73.